The monoisotopic (exact) mass is 239 g/mol. The van der Waals surface area contributed by atoms with Crippen LogP contribution < -0.4 is 5.90 Å². The van der Waals surface area contributed by atoms with Crippen LogP contribution in [0.3, 0.4) is 0 Å². The average Bonchev–Trinajstić information content (AvgIpc) is 2.26. The van der Waals surface area contributed by atoms with E-state index in [4.69, 9.17) is 14.9 Å². The quantitative estimate of drug-likeness (QED) is 0.360. The van der Waals surface area contributed by atoms with Crippen molar-refractivity contribution in [2.45, 2.75) is 46.0 Å². The Hall–Kier alpha value is 0.0700. The van der Waals surface area contributed by atoms with E-state index in [9.17, 15) is 4.57 Å². The Morgan fingerprint density at radius 2 is 1.67 bits per heavy atom. The summed E-state index contributed by atoms with van der Waals surface area (Å²) >= 11 is 0. The molecule has 1 atom stereocenters. The Morgan fingerprint density at radius 1 is 1.00 bits per heavy atom. The van der Waals surface area contributed by atoms with Gasteiger partial charge in [0.25, 0.3) is 0 Å². The van der Waals surface area contributed by atoms with E-state index in [1.807, 2.05) is 6.92 Å². The van der Waals surface area contributed by atoms with Crippen molar-refractivity contribution in [2.75, 3.05) is 13.2 Å². The molecular weight excluding hydrogens is 217 g/mol. The molecule has 0 amide bonds. The molecular formula is C9H22NO4P. The minimum Gasteiger partial charge on any atom is -0.286 e. The van der Waals surface area contributed by atoms with Gasteiger partial charge in [0.2, 0.25) is 0 Å². The summed E-state index contributed by atoms with van der Waals surface area (Å²) < 4.78 is 25.8. The molecule has 0 spiro atoms. The largest absolute Gasteiger partial charge is 0.491 e. The second kappa shape index (κ2) is 9.31. The van der Waals surface area contributed by atoms with Crippen LogP contribution in [0.4, 0.5) is 0 Å². The van der Waals surface area contributed by atoms with Crippen LogP contribution in [0.5, 0.6) is 0 Å². The molecule has 0 saturated carbocycles. The Labute approximate surface area is 91.8 Å². The highest BCUT2D eigenvalue weighted by molar-refractivity contribution is 7.48. The molecule has 0 saturated heterocycles. The second-order valence-electron chi connectivity index (χ2n) is 3.28. The number of nitrogens with two attached hydrogens (primary N) is 1. The van der Waals surface area contributed by atoms with Crippen molar-refractivity contribution in [2.24, 2.45) is 5.90 Å². The lowest BCUT2D eigenvalue weighted by atomic mass is 10.2. The van der Waals surface area contributed by atoms with Gasteiger partial charge in [-0.2, -0.15) is 0 Å². The molecule has 1 unspecified atom stereocenters. The van der Waals surface area contributed by atoms with E-state index in [0.717, 1.165) is 32.1 Å². The zero-order valence-electron chi connectivity index (χ0n) is 9.61. The van der Waals surface area contributed by atoms with Crippen LogP contribution in [0.25, 0.3) is 0 Å². The molecule has 15 heavy (non-hydrogen) atoms. The fraction of sp³-hybridized carbons (Fsp3) is 1.00. The SMILES string of the molecule is CCCCCCOP(=O)(ON)OCCC. The fourth-order valence-electron chi connectivity index (χ4n) is 1.01. The topological polar surface area (TPSA) is 70.8 Å². The molecule has 0 radical (unpaired) electrons. The molecule has 0 fully saturated rings. The van der Waals surface area contributed by atoms with Gasteiger partial charge in [0.15, 0.2) is 0 Å². The van der Waals surface area contributed by atoms with Crippen molar-refractivity contribution >= 4 is 7.82 Å². The molecule has 6 heteroatoms. The number of hydrogen-bond acceptors (Lipinski definition) is 5. The third-order valence-electron chi connectivity index (χ3n) is 1.83. The molecule has 92 valence electrons. The number of unbranched alkanes of at least 4 members (excludes halogenated alkanes) is 3. The summed E-state index contributed by atoms with van der Waals surface area (Å²) in [5.74, 6) is 4.88. The van der Waals surface area contributed by atoms with Crippen molar-refractivity contribution in [1.82, 2.24) is 0 Å². The molecule has 0 heterocycles. The Balaban J connectivity index is 3.63. The zero-order valence-corrected chi connectivity index (χ0v) is 10.5. The molecule has 0 aromatic heterocycles. The highest BCUT2D eigenvalue weighted by atomic mass is 31.2. The molecule has 0 aliphatic heterocycles. The predicted molar refractivity (Wildman–Crippen MR) is 59.2 cm³/mol. The summed E-state index contributed by atoms with van der Waals surface area (Å²) in [4.78, 5) is 0. The van der Waals surface area contributed by atoms with E-state index in [1.54, 1.807) is 0 Å². The molecule has 0 aliphatic rings. The van der Waals surface area contributed by atoms with Crippen molar-refractivity contribution in [3.8, 4) is 0 Å². The van der Waals surface area contributed by atoms with E-state index < -0.39 is 7.82 Å². The van der Waals surface area contributed by atoms with Gasteiger partial charge in [-0.3, -0.25) is 9.05 Å². The molecule has 5 nitrogen and oxygen atoms in total. The van der Waals surface area contributed by atoms with Gasteiger partial charge in [-0.25, -0.2) is 15.1 Å². The van der Waals surface area contributed by atoms with Crippen LogP contribution in [-0.4, -0.2) is 13.2 Å². The number of phosphoric acid groups is 1. The van der Waals surface area contributed by atoms with Crippen LogP contribution in [0.2, 0.25) is 0 Å². The summed E-state index contributed by atoms with van der Waals surface area (Å²) in [5, 5.41) is 0. The van der Waals surface area contributed by atoms with Gasteiger partial charge >= 0.3 is 7.82 Å². The molecule has 0 aromatic rings. The van der Waals surface area contributed by atoms with Gasteiger partial charge in [0.1, 0.15) is 0 Å². The molecule has 0 aliphatic carbocycles. The van der Waals surface area contributed by atoms with Gasteiger partial charge in [0.05, 0.1) is 13.2 Å². The highest BCUT2D eigenvalue weighted by Crippen LogP contribution is 2.47. The lowest BCUT2D eigenvalue weighted by Gasteiger charge is -2.14. The summed E-state index contributed by atoms with van der Waals surface area (Å²) in [5.41, 5.74) is 0. The number of hydrogen-bond donors (Lipinski definition) is 1. The maximum atomic E-state index is 11.6. The standard InChI is InChI=1S/C9H22NO4P/c1-3-5-6-7-9-13-15(11,14-10)12-8-4-2/h3-10H2,1-2H3. The van der Waals surface area contributed by atoms with Crippen LogP contribution in [0, 0.1) is 0 Å². The van der Waals surface area contributed by atoms with E-state index >= 15 is 0 Å². The first-order valence-electron chi connectivity index (χ1n) is 5.46. The number of rotatable bonds is 10. The third kappa shape index (κ3) is 7.94. The second-order valence-corrected chi connectivity index (χ2v) is 4.90. The first-order valence-corrected chi connectivity index (χ1v) is 6.92. The maximum Gasteiger partial charge on any atom is 0.491 e. The summed E-state index contributed by atoms with van der Waals surface area (Å²) in [6.45, 7) is 4.71. The van der Waals surface area contributed by atoms with E-state index in [0.29, 0.717) is 13.2 Å². The minimum atomic E-state index is -3.49. The lowest BCUT2D eigenvalue weighted by molar-refractivity contribution is 0.112. The lowest BCUT2D eigenvalue weighted by Crippen LogP contribution is -2.06. The van der Waals surface area contributed by atoms with Crippen LogP contribution in [-0.2, 0) is 18.2 Å². The van der Waals surface area contributed by atoms with Crippen LogP contribution in [0.15, 0.2) is 0 Å². The maximum absolute atomic E-state index is 11.6. The van der Waals surface area contributed by atoms with Crippen LogP contribution >= 0.6 is 7.82 Å². The van der Waals surface area contributed by atoms with Crippen molar-refractivity contribution < 1.29 is 18.2 Å². The van der Waals surface area contributed by atoms with Gasteiger partial charge in [-0.05, 0) is 12.8 Å². The van der Waals surface area contributed by atoms with E-state index in [-0.39, 0.29) is 0 Å². The Bertz CT molecular complexity index is 189. The third-order valence-corrected chi connectivity index (χ3v) is 3.09. The van der Waals surface area contributed by atoms with Crippen molar-refractivity contribution in [1.29, 1.82) is 0 Å². The molecule has 0 rings (SSSR count). The van der Waals surface area contributed by atoms with Gasteiger partial charge in [0, 0.05) is 0 Å². The molecule has 0 aromatic carbocycles. The Kier molecular flexibility index (Phi) is 9.35. The van der Waals surface area contributed by atoms with Gasteiger partial charge in [-0.1, -0.05) is 33.1 Å². The highest BCUT2D eigenvalue weighted by Gasteiger charge is 2.24. The summed E-state index contributed by atoms with van der Waals surface area (Å²) in [6.07, 6.45) is 4.93. The predicted octanol–water partition coefficient (Wildman–Crippen LogP) is 3.01. The van der Waals surface area contributed by atoms with Crippen molar-refractivity contribution in [3.63, 3.8) is 0 Å². The van der Waals surface area contributed by atoms with Crippen LogP contribution in [0.1, 0.15) is 46.0 Å². The smallest absolute Gasteiger partial charge is 0.286 e. The fourth-order valence-corrected chi connectivity index (χ4v) is 1.96. The minimum absolute atomic E-state index is 0.323. The Morgan fingerprint density at radius 3 is 2.20 bits per heavy atom. The first-order chi connectivity index (χ1) is 7.18. The molecule has 2 N–H and O–H groups in total. The van der Waals surface area contributed by atoms with E-state index in [2.05, 4.69) is 11.5 Å². The number of phosphoric ester groups is 1. The average molecular weight is 239 g/mol. The summed E-state index contributed by atoms with van der Waals surface area (Å²) in [6, 6.07) is 0. The van der Waals surface area contributed by atoms with Crippen molar-refractivity contribution in [3.05, 3.63) is 0 Å². The first kappa shape index (κ1) is 15.1. The summed E-state index contributed by atoms with van der Waals surface area (Å²) in [7, 11) is -3.49. The van der Waals surface area contributed by atoms with Gasteiger partial charge in [-0.15, -0.1) is 0 Å². The normalized spacial score (nSPS) is 15.1. The van der Waals surface area contributed by atoms with E-state index in [1.165, 1.54) is 0 Å². The molecule has 0 bridgehead atoms. The van der Waals surface area contributed by atoms with Gasteiger partial charge < -0.3 is 0 Å². The zero-order chi connectivity index (χ0) is 11.6.